The summed E-state index contributed by atoms with van der Waals surface area (Å²) in [5, 5.41) is 0. The van der Waals surface area contributed by atoms with Crippen LogP contribution in [0.1, 0.15) is 13.8 Å². The lowest BCUT2D eigenvalue weighted by atomic mass is 10.9. The Kier molecular flexibility index (Phi) is 3.31. The molecule has 0 spiro atoms. The predicted octanol–water partition coefficient (Wildman–Crippen LogP) is 1.52. The second-order valence-corrected chi connectivity index (χ2v) is 2.62. The Labute approximate surface area is 46.0 Å². The maximum Gasteiger partial charge on any atom is 0.191 e. The molecule has 3 heteroatoms. The van der Waals surface area contributed by atoms with Crippen molar-refractivity contribution in [3.05, 3.63) is 0 Å². The van der Waals surface area contributed by atoms with Gasteiger partial charge in [-0.15, -0.1) is 0 Å². The zero-order valence-corrected chi connectivity index (χ0v) is 5.57. The van der Waals surface area contributed by atoms with Crippen molar-refractivity contribution in [2.75, 3.05) is 12.8 Å². The van der Waals surface area contributed by atoms with Crippen molar-refractivity contribution in [2.24, 2.45) is 0 Å². The molecular weight excluding hydrogens is 111 g/mol. The molecule has 0 saturated carbocycles. The summed E-state index contributed by atoms with van der Waals surface area (Å²) in [6, 6.07) is 0. The van der Waals surface area contributed by atoms with Crippen molar-refractivity contribution < 1.29 is 9.09 Å². The maximum atomic E-state index is 10.6. The second kappa shape index (κ2) is 4.35. The van der Waals surface area contributed by atoms with Gasteiger partial charge < -0.3 is 4.52 Å². The van der Waals surface area contributed by atoms with E-state index in [9.17, 15) is 4.57 Å². The van der Waals surface area contributed by atoms with Gasteiger partial charge in [-0.05, 0) is 6.92 Å². The van der Waals surface area contributed by atoms with Gasteiger partial charge in [-0.2, -0.15) is 0 Å². The highest BCUT2D eigenvalue weighted by atomic mass is 31.1. The van der Waals surface area contributed by atoms with Crippen molar-refractivity contribution in [1.82, 2.24) is 0 Å². The van der Waals surface area contributed by atoms with Crippen LogP contribution in [0.3, 0.4) is 0 Å². The smallest absolute Gasteiger partial charge is 0.191 e. The molecule has 1 atom stereocenters. The third-order valence-corrected chi connectivity index (χ3v) is 1.59. The minimum atomic E-state index is -2.92. The lowest BCUT2D eigenvalue weighted by Crippen LogP contribution is -1.76. The molecule has 0 aromatic heterocycles. The fourth-order valence-corrected chi connectivity index (χ4v) is 0.706. The Bertz CT molecular complexity index is 104. The topological polar surface area (TPSA) is 26.3 Å². The van der Waals surface area contributed by atoms with Crippen LogP contribution in [-0.4, -0.2) is 14.0 Å². The standard InChI is InChI=1S/C4H11O2P/c1-3-6-7(5)4-2/h7H,3-4H2,1-2H3/i7D. The molecule has 0 aromatic rings. The molecule has 0 rings (SSSR count). The zero-order valence-electron chi connectivity index (χ0n) is 5.68. The Morgan fingerprint density at radius 2 is 2.43 bits per heavy atom. The first-order chi connectivity index (χ1) is 3.62. The van der Waals surface area contributed by atoms with Crippen LogP contribution in [-0.2, 0) is 9.09 Å². The molecule has 0 N–H and O–H groups in total. The van der Waals surface area contributed by atoms with Crippen molar-refractivity contribution in [2.45, 2.75) is 13.8 Å². The van der Waals surface area contributed by atoms with E-state index in [1.165, 1.54) is 0 Å². The molecule has 0 radical (unpaired) electrons. The van der Waals surface area contributed by atoms with Gasteiger partial charge in [-0.1, -0.05) is 6.92 Å². The average Bonchev–Trinajstić information content (AvgIpc) is 1.67. The van der Waals surface area contributed by atoms with E-state index in [0.29, 0.717) is 12.8 Å². The van der Waals surface area contributed by atoms with Crippen LogP contribution in [0.5, 0.6) is 0 Å². The Morgan fingerprint density at radius 1 is 1.86 bits per heavy atom. The van der Waals surface area contributed by atoms with Gasteiger partial charge in [0, 0.05) is 6.16 Å². The molecular formula is C4H11O2P. The van der Waals surface area contributed by atoms with Gasteiger partial charge in [0.1, 0.15) is 1.28 Å². The second-order valence-electron chi connectivity index (χ2n) is 1.07. The summed E-state index contributed by atoms with van der Waals surface area (Å²) in [6.45, 7) is 3.79. The largest absolute Gasteiger partial charge is 0.331 e. The summed E-state index contributed by atoms with van der Waals surface area (Å²) >= 11 is 0. The van der Waals surface area contributed by atoms with Gasteiger partial charge in [-0.3, -0.25) is 4.57 Å². The molecule has 0 amide bonds. The number of rotatable bonds is 3. The first-order valence-corrected chi connectivity index (χ1v) is 3.75. The van der Waals surface area contributed by atoms with Crippen LogP contribution in [0, 0.1) is 0 Å². The molecule has 0 fully saturated rings. The van der Waals surface area contributed by atoms with Crippen LogP contribution >= 0.6 is 7.97 Å². The molecule has 7 heavy (non-hydrogen) atoms. The Hall–Kier alpha value is 0.190. The van der Waals surface area contributed by atoms with Gasteiger partial charge in [0.05, 0.1) is 6.61 Å². The lowest BCUT2D eigenvalue weighted by Gasteiger charge is -1.93. The molecule has 0 aliphatic rings. The third kappa shape index (κ3) is 4.03. The van der Waals surface area contributed by atoms with E-state index in [1.54, 1.807) is 13.8 Å². The predicted molar refractivity (Wildman–Crippen MR) is 31.2 cm³/mol. The Morgan fingerprint density at radius 3 is 2.57 bits per heavy atom. The van der Waals surface area contributed by atoms with Gasteiger partial charge in [0.15, 0.2) is 7.97 Å². The molecule has 0 aromatic carbocycles. The zero-order chi connectivity index (χ0) is 6.62. The van der Waals surface area contributed by atoms with Crippen molar-refractivity contribution in [3.8, 4) is 0 Å². The van der Waals surface area contributed by atoms with E-state index < -0.39 is 7.97 Å². The fraction of sp³-hybridized carbons (Fsp3) is 1.00. The highest BCUT2D eigenvalue weighted by Crippen LogP contribution is 2.19. The van der Waals surface area contributed by atoms with Crippen LogP contribution in [0.25, 0.3) is 0 Å². The van der Waals surface area contributed by atoms with E-state index in [1.807, 2.05) is 0 Å². The van der Waals surface area contributed by atoms with Crippen LogP contribution in [0.2, 0.25) is 0 Å². The van der Waals surface area contributed by atoms with Gasteiger partial charge >= 0.3 is 0 Å². The Balaban J connectivity index is 3.55. The minimum absolute atomic E-state index is 0.306. The summed E-state index contributed by atoms with van der Waals surface area (Å²) in [7, 11) is -2.92. The molecule has 0 aliphatic carbocycles. The van der Waals surface area contributed by atoms with E-state index in [0.717, 1.165) is 0 Å². The average molecular weight is 123 g/mol. The van der Waals surface area contributed by atoms with E-state index in [4.69, 9.17) is 1.28 Å². The molecule has 44 valence electrons. The van der Waals surface area contributed by atoms with Gasteiger partial charge in [-0.25, -0.2) is 0 Å². The minimum Gasteiger partial charge on any atom is -0.331 e. The quantitative estimate of drug-likeness (QED) is 0.532. The molecule has 2 nitrogen and oxygen atoms in total. The fourth-order valence-electron chi connectivity index (χ4n) is 0.235. The van der Waals surface area contributed by atoms with E-state index >= 15 is 0 Å². The van der Waals surface area contributed by atoms with Crippen molar-refractivity contribution >= 4 is 7.97 Å². The summed E-state index contributed by atoms with van der Waals surface area (Å²) < 4.78 is 22.1. The summed E-state index contributed by atoms with van der Waals surface area (Å²) in [4.78, 5) is 0. The van der Waals surface area contributed by atoms with Crippen molar-refractivity contribution in [1.29, 1.82) is 1.28 Å². The summed E-state index contributed by atoms with van der Waals surface area (Å²) in [5.74, 6) is 0. The number of hydrogen-bond acceptors (Lipinski definition) is 2. The van der Waals surface area contributed by atoms with Crippen LogP contribution in [0.15, 0.2) is 0 Å². The van der Waals surface area contributed by atoms with Crippen LogP contribution < -0.4 is 0 Å². The summed E-state index contributed by atoms with van der Waals surface area (Å²) in [6.07, 6.45) is 0.306. The van der Waals surface area contributed by atoms with Gasteiger partial charge in [0.2, 0.25) is 0 Å². The highest BCUT2D eigenvalue weighted by Gasteiger charge is 1.87. The highest BCUT2D eigenvalue weighted by molar-refractivity contribution is 7.39. The first-order valence-electron chi connectivity index (χ1n) is 2.83. The first kappa shape index (κ1) is 5.33. The monoisotopic (exact) mass is 123 g/mol. The summed E-state index contributed by atoms with van der Waals surface area (Å²) in [5.41, 5.74) is 0. The van der Waals surface area contributed by atoms with Crippen molar-refractivity contribution in [3.63, 3.8) is 0 Å². The molecule has 0 bridgehead atoms. The third-order valence-electron chi connectivity index (χ3n) is 0.531. The molecule has 0 aliphatic heterocycles. The normalized spacial score (nSPS) is 20.6. The SMILES string of the molecule is [2H]P(=O)(CC)OCC. The molecule has 0 heterocycles. The lowest BCUT2D eigenvalue weighted by molar-refractivity contribution is 0.351. The molecule has 1 unspecified atom stereocenters. The maximum absolute atomic E-state index is 10.6. The van der Waals surface area contributed by atoms with Crippen LogP contribution in [0.4, 0.5) is 0 Å². The van der Waals surface area contributed by atoms with Gasteiger partial charge in [0.25, 0.3) is 0 Å². The molecule has 0 saturated heterocycles. The van der Waals surface area contributed by atoms with E-state index in [2.05, 4.69) is 4.52 Å². The number of hydrogen-bond donors (Lipinski definition) is 0. The van der Waals surface area contributed by atoms with E-state index in [-0.39, 0.29) is 0 Å².